The van der Waals surface area contributed by atoms with Gasteiger partial charge in [0, 0.05) is 12.6 Å². The maximum absolute atomic E-state index is 12.3. The molecule has 2 aliphatic rings. The minimum absolute atomic E-state index is 0.0191. The van der Waals surface area contributed by atoms with Crippen LogP contribution in [-0.4, -0.2) is 27.5 Å². The lowest BCUT2D eigenvalue weighted by atomic mass is 9.65. The second-order valence-corrected chi connectivity index (χ2v) is 7.51. The van der Waals surface area contributed by atoms with Gasteiger partial charge in [0.2, 0.25) is 10.0 Å². The predicted molar refractivity (Wildman–Crippen MR) is 74.4 cm³/mol. The van der Waals surface area contributed by atoms with Gasteiger partial charge >= 0.3 is 0 Å². The van der Waals surface area contributed by atoms with Gasteiger partial charge in [-0.05, 0) is 49.4 Å². The summed E-state index contributed by atoms with van der Waals surface area (Å²) in [5, 5.41) is 12.2. The van der Waals surface area contributed by atoms with Gasteiger partial charge < -0.3 is 5.32 Å². The maximum Gasteiger partial charge on any atom is 0.240 e. The first-order valence-electron chi connectivity index (χ1n) is 6.76. The number of rotatable bonds is 3. The van der Waals surface area contributed by atoms with E-state index in [1.165, 1.54) is 12.1 Å². The highest BCUT2D eigenvalue weighted by atomic mass is 32.2. The number of nitrogens with one attached hydrogen (secondary N) is 2. The normalized spacial score (nSPS) is 29.1. The molecule has 1 aliphatic heterocycles. The summed E-state index contributed by atoms with van der Waals surface area (Å²) in [6.07, 6.45) is 2.93. The van der Waals surface area contributed by atoms with Crippen LogP contribution in [0.15, 0.2) is 29.2 Å². The third kappa shape index (κ3) is 2.44. The summed E-state index contributed by atoms with van der Waals surface area (Å²) >= 11 is 0. The van der Waals surface area contributed by atoms with Crippen molar-refractivity contribution in [2.24, 2.45) is 5.41 Å². The molecule has 1 aromatic carbocycles. The molecular formula is C14H17N3O2S. The Balaban J connectivity index is 1.69. The molecule has 0 radical (unpaired) electrons. The largest absolute Gasteiger partial charge is 0.316 e. The van der Waals surface area contributed by atoms with Gasteiger partial charge in [-0.3, -0.25) is 0 Å². The minimum Gasteiger partial charge on any atom is -0.316 e. The number of nitrogens with zero attached hydrogens (tertiary/aromatic N) is 1. The van der Waals surface area contributed by atoms with Gasteiger partial charge in [-0.1, -0.05) is 6.07 Å². The summed E-state index contributed by atoms with van der Waals surface area (Å²) in [6.45, 7) is 2.03. The molecule has 0 bridgehead atoms. The molecule has 6 heteroatoms. The third-order valence-corrected chi connectivity index (χ3v) is 5.80. The van der Waals surface area contributed by atoms with E-state index in [0.29, 0.717) is 11.0 Å². The van der Waals surface area contributed by atoms with Crippen LogP contribution in [0.2, 0.25) is 0 Å². The highest BCUT2D eigenvalue weighted by molar-refractivity contribution is 7.89. The van der Waals surface area contributed by atoms with Crippen molar-refractivity contribution in [3.63, 3.8) is 0 Å². The first kappa shape index (κ1) is 13.6. The SMILES string of the molecule is N#Cc1cccc(S(=O)(=O)NC2CC3(CCNC3)C2)c1. The van der Waals surface area contributed by atoms with Gasteiger partial charge in [0.1, 0.15) is 0 Å². The van der Waals surface area contributed by atoms with Crippen molar-refractivity contribution in [2.45, 2.75) is 30.2 Å². The van der Waals surface area contributed by atoms with Crippen LogP contribution in [0.5, 0.6) is 0 Å². The predicted octanol–water partition coefficient (Wildman–Crippen LogP) is 0.979. The van der Waals surface area contributed by atoms with E-state index in [1.54, 1.807) is 12.1 Å². The Hall–Kier alpha value is -1.42. The first-order valence-corrected chi connectivity index (χ1v) is 8.25. The molecule has 1 aliphatic carbocycles. The zero-order chi connectivity index (χ0) is 14.2. The Labute approximate surface area is 119 Å². The van der Waals surface area contributed by atoms with Crippen molar-refractivity contribution < 1.29 is 8.42 Å². The zero-order valence-corrected chi connectivity index (χ0v) is 11.9. The smallest absolute Gasteiger partial charge is 0.240 e. The number of hydrogen-bond acceptors (Lipinski definition) is 4. The van der Waals surface area contributed by atoms with Crippen molar-refractivity contribution in [1.82, 2.24) is 10.0 Å². The fourth-order valence-electron chi connectivity index (χ4n) is 3.23. The molecule has 106 valence electrons. The molecule has 3 rings (SSSR count). The number of hydrogen-bond donors (Lipinski definition) is 2. The van der Waals surface area contributed by atoms with Crippen LogP contribution in [0.4, 0.5) is 0 Å². The highest BCUT2D eigenvalue weighted by Gasteiger charge is 2.47. The lowest BCUT2D eigenvalue weighted by Crippen LogP contribution is -2.51. The quantitative estimate of drug-likeness (QED) is 0.869. The van der Waals surface area contributed by atoms with Crippen LogP contribution >= 0.6 is 0 Å². The molecule has 2 fully saturated rings. The Morgan fingerprint density at radius 2 is 2.20 bits per heavy atom. The zero-order valence-electron chi connectivity index (χ0n) is 11.1. The van der Waals surface area contributed by atoms with Crippen LogP contribution in [0, 0.1) is 16.7 Å². The van der Waals surface area contributed by atoms with E-state index in [-0.39, 0.29) is 10.9 Å². The lowest BCUT2D eigenvalue weighted by Gasteiger charge is -2.44. The number of nitriles is 1. The van der Waals surface area contributed by atoms with Gasteiger partial charge in [-0.2, -0.15) is 5.26 Å². The van der Waals surface area contributed by atoms with E-state index in [1.807, 2.05) is 6.07 Å². The van der Waals surface area contributed by atoms with E-state index < -0.39 is 10.0 Å². The molecule has 5 nitrogen and oxygen atoms in total. The van der Waals surface area contributed by atoms with Crippen molar-refractivity contribution in [1.29, 1.82) is 5.26 Å². The van der Waals surface area contributed by atoms with E-state index in [9.17, 15) is 8.42 Å². The molecule has 0 aromatic heterocycles. The summed E-state index contributed by atoms with van der Waals surface area (Å²) < 4.78 is 27.3. The van der Waals surface area contributed by atoms with Gasteiger partial charge in [-0.25, -0.2) is 13.1 Å². The van der Waals surface area contributed by atoms with Gasteiger partial charge in [0.25, 0.3) is 0 Å². The van der Waals surface area contributed by atoms with Crippen molar-refractivity contribution in [3.05, 3.63) is 29.8 Å². The van der Waals surface area contributed by atoms with Crippen LogP contribution in [0.25, 0.3) is 0 Å². The Kier molecular flexibility index (Phi) is 3.28. The molecule has 0 amide bonds. The van der Waals surface area contributed by atoms with Crippen LogP contribution < -0.4 is 10.0 Å². The second-order valence-electron chi connectivity index (χ2n) is 5.79. The topological polar surface area (TPSA) is 82.0 Å². The first-order chi connectivity index (χ1) is 9.53. The van der Waals surface area contributed by atoms with Crippen LogP contribution in [-0.2, 0) is 10.0 Å². The fraction of sp³-hybridized carbons (Fsp3) is 0.500. The fourth-order valence-corrected chi connectivity index (χ4v) is 4.51. The molecule has 1 spiro atoms. The molecule has 20 heavy (non-hydrogen) atoms. The lowest BCUT2D eigenvalue weighted by molar-refractivity contribution is 0.120. The Bertz CT molecular complexity index is 649. The Morgan fingerprint density at radius 3 is 2.85 bits per heavy atom. The van der Waals surface area contributed by atoms with E-state index in [2.05, 4.69) is 10.0 Å². The maximum atomic E-state index is 12.3. The molecule has 2 N–H and O–H groups in total. The van der Waals surface area contributed by atoms with Crippen LogP contribution in [0.1, 0.15) is 24.8 Å². The molecule has 1 saturated heterocycles. The highest BCUT2D eigenvalue weighted by Crippen LogP contribution is 2.46. The standard InChI is InChI=1S/C14H17N3O2S/c15-9-11-2-1-3-13(6-11)20(18,19)17-12-7-14(8-12)4-5-16-10-14/h1-3,6,12,16-17H,4-5,7-8,10H2. The van der Waals surface area contributed by atoms with Gasteiger partial charge in [0.05, 0.1) is 16.5 Å². The molecule has 0 unspecified atom stereocenters. The van der Waals surface area contributed by atoms with Gasteiger partial charge in [0.15, 0.2) is 0 Å². The molecular weight excluding hydrogens is 274 g/mol. The molecule has 1 aromatic rings. The third-order valence-electron chi connectivity index (χ3n) is 4.29. The monoisotopic (exact) mass is 291 g/mol. The van der Waals surface area contributed by atoms with Crippen molar-refractivity contribution in [2.75, 3.05) is 13.1 Å². The summed E-state index contributed by atoms with van der Waals surface area (Å²) in [5.74, 6) is 0. The van der Waals surface area contributed by atoms with E-state index >= 15 is 0 Å². The summed E-state index contributed by atoms with van der Waals surface area (Å²) in [4.78, 5) is 0.169. The minimum atomic E-state index is -3.52. The average molecular weight is 291 g/mol. The number of sulfonamides is 1. The average Bonchev–Trinajstić information content (AvgIpc) is 2.87. The molecule has 1 saturated carbocycles. The molecule has 1 heterocycles. The number of benzene rings is 1. The summed E-state index contributed by atoms with van der Waals surface area (Å²) in [7, 11) is -3.52. The Morgan fingerprint density at radius 1 is 1.40 bits per heavy atom. The van der Waals surface area contributed by atoms with Crippen LogP contribution in [0.3, 0.4) is 0 Å². The van der Waals surface area contributed by atoms with E-state index in [4.69, 9.17) is 5.26 Å². The van der Waals surface area contributed by atoms with E-state index in [0.717, 1.165) is 32.4 Å². The summed E-state index contributed by atoms with van der Waals surface area (Å²) in [6, 6.07) is 8.10. The van der Waals surface area contributed by atoms with Gasteiger partial charge in [-0.15, -0.1) is 0 Å². The molecule has 0 atom stereocenters. The summed E-state index contributed by atoms with van der Waals surface area (Å²) in [5.41, 5.74) is 0.666. The van der Waals surface area contributed by atoms with Crippen molar-refractivity contribution in [3.8, 4) is 6.07 Å². The van der Waals surface area contributed by atoms with Crippen molar-refractivity contribution >= 4 is 10.0 Å². The second kappa shape index (κ2) is 4.85.